The van der Waals surface area contributed by atoms with Gasteiger partial charge in [0.25, 0.3) is 0 Å². The van der Waals surface area contributed by atoms with Gasteiger partial charge in [-0.2, -0.15) is 0 Å². The van der Waals surface area contributed by atoms with Crippen molar-refractivity contribution in [3.63, 3.8) is 0 Å². The number of carboxylic acid groups (broad SMARTS) is 1. The Hall–Kier alpha value is -1.14. The van der Waals surface area contributed by atoms with E-state index in [4.69, 9.17) is 14.6 Å². The van der Waals surface area contributed by atoms with E-state index >= 15 is 0 Å². The van der Waals surface area contributed by atoms with Crippen molar-refractivity contribution >= 4 is 11.9 Å². The Labute approximate surface area is 82.2 Å². The standard InChI is InChI=1S/C8H15NO5/c1-2-13-5-7(10)9-3-4-14-6-8(11)12/h2-6H2,1H3,(H,9,10)(H,11,12). The van der Waals surface area contributed by atoms with Crippen LogP contribution in [0.4, 0.5) is 0 Å². The van der Waals surface area contributed by atoms with Crippen LogP contribution in [0, 0.1) is 0 Å². The summed E-state index contributed by atoms with van der Waals surface area (Å²) in [6.45, 7) is 2.44. The summed E-state index contributed by atoms with van der Waals surface area (Å²) in [6, 6.07) is 0. The lowest BCUT2D eigenvalue weighted by atomic mass is 10.6. The highest BCUT2D eigenvalue weighted by molar-refractivity contribution is 5.77. The molecule has 0 saturated heterocycles. The van der Waals surface area contributed by atoms with E-state index in [1.54, 1.807) is 6.92 Å². The highest BCUT2D eigenvalue weighted by Crippen LogP contribution is 1.76. The van der Waals surface area contributed by atoms with Crippen molar-refractivity contribution in [1.29, 1.82) is 0 Å². The van der Waals surface area contributed by atoms with Crippen LogP contribution >= 0.6 is 0 Å². The van der Waals surface area contributed by atoms with Gasteiger partial charge >= 0.3 is 5.97 Å². The van der Waals surface area contributed by atoms with Gasteiger partial charge in [0, 0.05) is 13.2 Å². The van der Waals surface area contributed by atoms with Crippen LogP contribution in [0.15, 0.2) is 0 Å². The number of hydrogen-bond donors (Lipinski definition) is 2. The summed E-state index contributed by atoms with van der Waals surface area (Å²) in [5.41, 5.74) is 0. The molecule has 82 valence electrons. The molecule has 0 bridgehead atoms. The second-order valence-corrected chi connectivity index (χ2v) is 2.43. The van der Waals surface area contributed by atoms with Gasteiger partial charge in [-0.15, -0.1) is 0 Å². The lowest BCUT2D eigenvalue weighted by Crippen LogP contribution is -2.31. The predicted molar refractivity (Wildman–Crippen MR) is 48.0 cm³/mol. The Kier molecular flexibility index (Phi) is 7.77. The number of carboxylic acids is 1. The number of aliphatic carboxylic acids is 1. The SMILES string of the molecule is CCOCC(=O)NCCOCC(=O)O. The molecule has 0 unspecified atom stereocenters. The first kappa shape index (κ1) is 12.9. The van der Waals surface area contributed by atoms with Gasteiger partial charge in [0.05, 0.1) is 6.61 Å². The molecule has 0 aromatic rings. The Bertz CT molecular complexity index is 183. The zero-order valence-corrected chi connectivity index (χ0v) is 8.12. The second kappa shape index (κ2) is 8.46. The summed E-state index contributed by atoms with van der Waals surface area (Å²) in [5, 5.41) is 10.7. The van der Waals surface area contributed by atoms with Crippen molar-refractivity contribution in [1.82, 2.24) is 5.32 Å². The molecule has 0 aromatic heterocycles. The molecule has 0 radical (unpaired) electrons. The van der Waals surface area contributed by atoms with Crippen LogP contribution in [0.25, 0.3) is 0 Å². The third kappa shape index (κ3) is 8.95. The van der Waals surface area contributed by atoms with E-state index < -0.39 is 5.97 Å². The van der Waals surface area contributed by atoms with Crippen LogP contribution in [0.5, 0.6) is 0 Å². The third-order valence-electron chi connectivity index (χ3n) is 1.23. The Morgan fingerprint density at radius 3 is 2.57 bits per heavy atom. The van der Waals surface area contributed by atoms with E-state index in [0.29, 0.717) is 13.2 Å². The van der Waals surface area contributed by atoms with Gasteiger partial charge in [-0.25, -0.2) is 4.79 Å². The maximum absolute atomic E-state index is 10.9. The molecule has 0 saturated carbocycles. The number of rotatable bonds is 8. The Balaban J connectivity index is 3.19. The first-order valence-electron chi connectivity index (χ1n) is 4.30. The minimum atomic E-state index is -1.02. The summed E-state index contributed by atoms with van der Waals surface area (Å²) in [5.74, 6) is -1.25. The fraction of sp³-hybridized carbons (Fsp3) is 0.750. The molecular formula is C8H15NO5. The molecular weight excluding hydrogens is 190 g/mol. The molecule has 0 atom stereocenters. The second-order valence-electron chi connectivity index (χ2n) is 2.43. The summed E-state index contributed by atoms with van der Waals surface area (Å²) >= 11 is 0. The molecule has 0 heterocycles. The van der Waals surface area contributed by atoms with Crippen molar-refractivity contribution in [3.8, 4) is 0 Å². The van der Waals surface area contributed by atoms with Crippen LogP contribution in [-0.2, 0) is 19.1 Å². The van der Waals surface area contributed by atoms with Gasteiger partial charge in [-0.3, -0.25) is 4.79 Å². The first-order valence-corrected chi connectivity index (χ1v) is 4.30. The molecule has 0 aliphatic carbocycles. The smallest absolute Gasteiger partial charge is 0.329 e. The summed E-state index contributed by atoms with van der Waals surface area (Å²) in [6.07, 6.45) is 0. The number of ether oxygens (including phenoxy) is 2. The fourth-order valence-corrected chi connectivity index (χ4v) is 0.668. The van der Waals surface area contributed by atoms with Gasteiger partial charge in [-0.1, -0.05) is 0 Å². The number of hydrogen-bond acceptors (Lipinski definition) is 4. The highest BCUT2D eigenvalue weighted by Gasteiger charge is 2.00. The quantitative estimate of drug-likeness (QED) is 0.509. The number of nitrogens with one attached hydrogen (secondary N) is 1. The summed E-state index contributed by atoms with van der Waals surface area (Å²) in [4.78, 5) is 20.9. The van der Waals surface area contributed by atoms with E-state index in [0.717, 1.165) is 0 Å². The number of amides is 1. The molecule has 0 spiro atoms. The topological polar surface area (TPSA) is 84.9 Å². The third-order valence-corrected chi connectivity index (χ3v) is 1.23. The van der Waals surface area contributed by atoms with E-state index in [2.05, 4.69) is 5.32 Å². The molecule has 0 aliphatic rings. The summed E-state index contributed by atoms with van der Waals surface area (Å²) < 4.78 is 9.54. The van der Waals surface area contributed by atoms with Crippen molar-refractivity contribution in [2.24, 2.45) is 0 Å². The number of carbonyl (C=O) groups excluding carboxylic acids is 1. The van der Waals surface area contributed by atoms with Crippen LogP contribution in [-0.4, -0.2) is 50.0 Å². The fourth-order valence-electron chi connectivity index (χ4n) is 0.668. The molecule has 6 nitrogen and oxygen atoms in total. The van der Waals surface area contributed by atoms with E-state index in [1.807, 2.05) is 0 Å². The van der Waals surface area contributed by atoms with Gasteiger partial charge < -0.3 is 19.9 Å². The van der Waals surface area contributed by atoms with Crippen LogP contribution in [0.3, 0.4) is 0 Å². The average molecular weight is 205 g/mol. The van der Waals surface area contributed by atoms with Crippen molar-refractivity contribution < 1.29 is 24.2 Å². The molecule has 2 N–H and O–H groups in total. The first-order chi connectivity index (χ1) is 6.66. The lowest BCUT2D eigenvalue weighted by Gasteiger charge is -2.04. The molecule has 6 heteroatoms. The van der Waals surface area contributed by atoms with Gasteiger partial charge in [0.2, 0.25) is 5.91 Å². The summed E-state index contributed by atoms with van der Waals surface area (Å²) in [7, 11) is 0. The minimum Gasteiger partial charge on any atom is -0.480 e. The van der Waals surface area contributed by atoms with Gasteiger partial charge in [-0.05, 0) is 6.92 Å². The molecule has 0 aromatic carbocycles. The molecule has 0 aliphatic heterocycles. The van der Waals surface area contributed by atoms with Crippen LogP contribution < -0.4 is 5.32 Å². The van der Waals surface area contributed by atoms with Gasteiger partial charge in [0.15, 0.2) is 0 Å². The lowest BCUT2D eigenvalue weighted by molar-refractivity contribution is -0.142. The molecule has 1 amide bonds. The van der Waals surface area contributed by atoms with Crippen molar-refractivity contribution in [2.75, 3.05) is 33.0 Å². The van der Waals surface area contributed by atoms with E-state index in [9.17, 15) is 9.59 Å². The monoisotopic (exact) mass is 205 g/mol. The van der Waals surface area contributed by atoms with E-state index in [-0.39, 0.29) is 25.7 Å². The highest BCUT2D eigenvalue weighted by atomic mass is 16.5. The van der Waals surface area contributed by atoms with Gasteiger partial charge in [0.1, 0.15) is 13.2 Å². The van der Waals surface area contributed by atoms with E-state index in [1.165, 1.54) is 0 Å². The minimum absolute atomic E-state index is 0.0232. The van der Waals surface area contributed by atoms with Crippen molar-refractivity contribution in [2.45, 2.75) is 6.92 Å². The largest absolute Gasteiger partial charge is 0.480 e. The average Bonchev–Trinajstić information content (AvgIpc) is 2.13. The normalized spacial score (nSPS) is 9.79. The molecule has 0 rings (SSSR count). The maximum Gasteiger partial charge on any atom is 0.329 e. The Morgan fingerprint density at radius 1 is 1.29 bits per heavy atom. The maximum atomic E-state index is 10.9. The zero-order chi connectivity index (χ0) is 10.8. The van der Waals surface area contributed by atoms with Crippen LogP contribution in [0.1, 0.15) is 6.92 Å². The van der Waals surface area contributed by atoms with Crippen LogP contribution in [0.2, 0.25) is 0 Å². The molecule has 14 heavy (non-hydrogen) atoms. The zero-order valence-electron chi connectivity index (χ0n) is 8.12. The molecule has 0 fully saturated rings. The predicted octanol–water partition coefficient (Wildman–Crippen LogP) is -0.760. The number of carbonyl (C=O) groups is 2. The van der Waals surface area contributed by atoms with Crippen molar-refractivity contribution in [3.05, 3.63) is 0 Å². The Morgan fingerprint density at radius 2 is 2.00 bits per heavy atom.